The highest BCUT2D eigenvalue weighted by Crippen LogP contribution is 2.56. The minimum atomic E-state index is -2.44. The number of Topliss-reactive ketones (excluding diaryl/α,β-unsaturated/α-hetero) is 2. The molecule has 2 aliphatic carbocycles. The Hall–Kier alpha value is -3.53. The average molecular weight is 543 g/mol. The number of methoxy groups -OCH3 is 1. The Balaban J connectivity index is 1.72. The number of carbonyl (C=O) groups is 5. The summed E-state index contributed by atoms with van der Waals surface area (Å²) >= 11 is 0. The highest BCUT2D eigenvalue weighted by molar-refractivity contribution is 6.16. The number of ether oxygens (including phenoxy) is 3. The van der Waals surface area contributed by atoms with Crippen molar-refractivity contribution in [2.45, 2.75) is 71.7 Å². The van der Waals surface area contributed by atoms with Crippen molar-refractivity contribution in [2.75, 3.05) is 7.11 Å². The number of esters is 3. The highest BCUT2D eigenvalue weighted by Gasteiger charge is 2.64. The molecule has 0 amide bonds. The average Bonchev–Trinajstić information content (AvgIpc) is 3.40. The van der Waals surface area contributed by atoms with E-state index in [1.54, 1.807) is 6.07 Å². The molecule has 1 N–H and O–H groups in total. The zero-order valence-electron chi connectivity index (χ0n) is 22.9. The van der Waals surface area contributed by atoms with Crippen molar-refractivity contribution in [3.63, 3.8) is 0 Å². The highest BCUT2D eigenvalue weighted by atomic mass is 16.6. The van der Waals surface area contributed by atoms with E-state index in [2.05, 4.69) is 0 Å². The van der Waals surface area contributed by atoms with Crippen molar-refractivity contribution in [3.05, 3.63) is 47.5 Å². The number of allylic oxidation sites excluding steroid dienone is 1. The van der Waals surface area contributed by atoms with Crippen LogP contribution in [0.4, 0.5) is 0 Å². The van der Waals surface area contributed by atoms with E-state index in [0.717, 1.165) is 14.0 Å². The number of fused-ring (bicyclic) bond motifs is 1. The van der Waals surface area contributed by atoms with Gasteiger partial charge in [-0.05, 0) is 30.1 Å². The van der Waals surface area contributed by atoms with Crippen LogP contribution >= 0.6 is 0 Å². The Bertz CT molecular complexity index is 1270. The first-order valence-corrected chi connectivity index (χ1v) is 12.9. The van der Waals surface area contributed by atoms with Gasteiger partial charge < -0.3 is 23.7 Å². The number of furan rings is 1. The maximum atomic E-state index is 14.0. The Labute approximate surface area is 226 Å². The summed E-state index contributed by atoms with van der Waals surface area (Å²) in [6.45, 7) is 7.57. The van der Waals surface area contributed by atoms with Gasteiger partial charge in [0.25, 0.3) is 0 Å². The molecule has 10 heteroatoms. The fourth-order valence-electron chi connectivity index (χ4n) is 6.72. The summed E-state index contributed by atoms with van der Waals surface area (Å²) in [6.07, 6.45) is 4.85. The third-order valence-electron chi connectivity index (χ3n) is 8.59. The Morgan fingerprint density at radius 2 is 1.90 bits per heavy atom. The molecular formula is C29H34O10. The second-order valence-corrected chi connectivity index (χ2v) is 11.4. The fraction of sp³-hybridized carbons (Fsp3) is 0.552. The molecule has 1 aromatic heterocycles. The lowest BCUT2D eigenvalue weighted by Gasteiger charge is -2.50. The van der Waals surface area contributed by atoms with Crippen molar-refractivity contribution in [3.8, 4) is 0 Å². The predicted molar refractivity (Wildman–Crippen MR) is 135 cm³/mol. The van der Waals surface area contributed by atoms with E-state index in [0.29, 0.717) is 29.6 Å². The Morgan fingerprint density at radius 1 is 1.21 bits per heavy atom. The molecule has 10 nitrogen and oxygen atoms in total. The van der Waals surface area contributed by atoms with Crippen molar-refractivity contribution >= 4 is 29.5 Å². The molecule has 0 bridgehead atoms. The van der Waals surface area contributed by atoms with E-state index in [1.807, 2.05) is 13.0 Å². The van der Waals surface area contributed by atoms with Gasteiger partial charge in [0.15, 0.2) is 17.2 Å². The summed E-state index contributed by atoms with van der Waals surface area (Å²) in [7, 11) is 1.12. The molecule has 6 atom stereocenters. The summed E-state index contributed by atoms with van der Waals surface area (Å²) in [5, 5.41) is 11.8. The monoisotopic (exact) mass is 542 g/mol. The van der Waals surface area contributed by atoms with Crippen molar-refractivity contribution in [2.24, 2.45) is 22.7 Å². The number of aliphatic hydroxyl groups is 1. The number of hydrogen-bond acceptors (Lipinski definition) is 10. The first-order valence-electron chi connectivity index (χ1n) is 12.9. The van der Waals surface area contributed by atoms with Crippen LogP contribution in [0, 0.1) is 22.7 Å². The largest absolute Gasteiger partial charge is 0.472 e. The van der Waals surface area contributed by atoms with E-state index in [1.165, 1.54) is 39.4 Å². The molecule has 1 aromatic rings. The summed E-state index contributed by atoms with van der Waals surface area (Å²) in [5.41, 5.74) is -2.82. The Kier molecular flexibility index (Phi) is 7.23. The normalized spacial score (nSPS) is 32.8. The van der Waals surface area contributed by atoms with Crippen molar-refractivity contribution < 1.29 is 47.7 Å². The molecule has 0 saturated heterocycles. The number of carbonyl (C=O) groups excluding carboxylic acids is 5. The topological polar surface area (TPSA) is 146 Å². The van der Waals surface area contributed by atoms with E-state index in [-0.39, 0.29) is 6.42 Å². The van der Waals surface area contributed by atoms with Crippen molar-refractivity contribution in [1.29, 1.82) is 0 Å². The number of hydrogen-bond donors (Lipinski definition) is 1. The van der Waals surface area contributed by atoms with E-state index in [4.69, 9.17) is 18.6 Å². The van der Waals surface area contributed by atoms with E-state index >= 15 is 0 Å². The van der Waals surface area contributed by atoms with Gasteiger partial charge in [0.05, 0.1) is 19.6 Å². The number of ketones is 2. The van der Waals surface area contributed by atoms with Gasteiger partial charge in [-0.3, -0.25) is 14.4 Å². The second kappa shape index (κ2) is 9.89. The van der Waals surface area contributed by atoms with Crippen LogP contribution in [0.15, 0.2) is 46.3 Å². The molecule has 0 aromatic carbocycles. The van der Waals surface area contributed by atoms with Crippen LogP contribution in [0.2, 0.25) is 0 Å². The van der Waals surface area contributed by atoms with Gasteiger partial charge in [-0.1, -0.05) is 33.8 Å². The molecule has 1 fully saturated rings. The third kappa shape index (κ3) is 4.54. The molecule has 3 aliphatic rings. The van der Waals surface area contributed by atoms with Crippen LogP contribution in [-0.4, -0.2) is 53.4 Å². The van der Waals surface area contributed by atoms with Crippen LogP contribution in [0.5, 0.6) is 0 Å². The van der Waals surface area contributed by atoms with Crippen LogP contribution in [0.3, 0.4) is 0 Å². The lowest BCUT2D eigenvalue weighted by Crippen LogP contribution is -2.66. The quantitative estimate of drug-likeness (QED) is 0.323. The van der Waals surface area contributed by atoms with Gasteiger partial charge in [0.1, 0.15) is 6.10 Å². The third-order valence-corrected chi connectivity index (χ3v) is 8.59. The summed E-state index contributed by atoms with van der Waals surface area (Å²) < 4.78 is 20.9. The van der Waals surface area contributed by atoms with E-state index in [9.17, 15) is 29.1 Å². The van der Waals surface area contributed by atoms with Crippen LogP contribution < -0.4 is 0 Å². The molecule has 4 rings (SSSR count). The first-order chi connectivity index (χ1) is 18.2. The predicted octanol–water partition coefficient (Wildman–Crippen LogP) is 3.19. The number of cyclic esters (lactones) is 1. The molecule has 1 aliphatic heterocycles. The molecule has 0 spiro atoms. The zero-order chi connectivity index (χ0) is 28.9. The molecule has 1 saturated carbocycles. The molecule has 39 heavy (non-hydrogen) atoms. The van der Waals surface area contributed by atoms with Gasteiger partial charge in [0, 0.05) is 47.6 Å². The smallest absolute Gasteiger partial charge is 0.347 e. The molecule has 2 heterocycles. The zero-order valence-corrected chi connectivity index (χ0v) is 22.9. The van der Waals surface area contributed by atoms with Gasteiger partial charge in [-0.25, -0.2) is 9.59 Å². The second-order valence-electron chi connectivity index (χ2n) is 11.4. The lowest BCUT2D eigenvalue weighted by atomic mass is 9.54. The summed E-state index contributed by atoms with van der Waals surface area (Å²) in [5.74, 6) is -5.98. The van der Waals surface area contributed by atoms with Crippen LogP contribution in [-0.2, 0) is 38.2 Å². The van der Waals surface area contributed by atoms with E-state index < -0.39 is 69.9 Å². The van der Waals surface area contributed by atoms with Gasteiger partial charge in [0.2, 0.25) is 6.10 Å². The molecular weight excluding hydrogens is 508 g/mol. The van der Waals surface area contributed by atoms with Crippen LogP contribution in [0.25, 0.3) is 0 Å². The lowest BCUT2D eigenvalue weighted by molar-refractivity contribution is -0.188. The molecule has 210 valence electrons. The molecule has 6 unspecified atom stereocenters. The first kappa shape index (κ1) is 28.5. The van der Waals surface area contributed by atoms with Gasteiger partial charge in [-0.2, -0.15) is 0 Å². The minimum Gasteiger partial charge on any atom is -0.472 e. The number of rotatable bonds is 6. The molecule has 0 radical (unpaired) electrons. The van der Waals surface area contributed by atoms with Gasteiger partial charge >= 0.3 is 17.9 Å². The SMILES string of the molecule is COC(=O)C(OC(C)=O)C1C(C)C(=O)C(O)(CC2=CCCC3(C)C2=CC(=O)OC3c2ccoc2)C(=O)C1(C)C. The fourth-order valence-corrected chi connectivity index (χ4v) is 6.72. The van der Waals surface area contributed by atoms with Gasteiger partial charge in [-0.15, -0.1) is 0 Å². The minimum absolute atomic E-state index is 0.353. The summed E-state index contributed by atoms with van der Waals surface area (Å²) in [4.78, 5) is 64.7. The summed E-state index contributed by atoms with van der Waals surface area (Å²) in [6, 6.07) is 1.72. The maximum absolute atomic E-state index is 14.0. The Morgan fingerprint density at radius 3 is 2.49 bits per heavy atom. The van der Waals surface area contributed by atoms with Crippen molar-refractivity contribution in [1.82, 2.24) is 0 Å². The maximum Gasteiger partial charge on any atom is 0.347 e. The standard InChI is InChI=1S/C29H34O10/c1-15-21(22(25(33)36-6)38-16(2)30)27(3,4)26(34)29(35,23(15)32)13-17-8-7-10-28(5)19(17)12-20(31)39-24(28)18-9-11-37-14-18/h8-9,11-12,14-15,21-22,24,35H,7,10,13H2,1-6H3. The van der Waals surface area contributed by atoms with Crippen LogP contribution in [0.1, 0.15) is 65.5 Å².